The lowest BCUT2D eigenvalue weighted by Crippen LogP contribution is -2.13. The number of ketones is 1. The fraction of sp³-hybridized carbons (Fsp3) is 0.167. The van der Waals surface area contributed by atoms with Crippen LogP contribution in [-0.2, 0) is 6.18 Å². The number of aromatic nitrogens is 3. The molecule has 0 saturated carbocycles. The zero-order valence-corrected chi connectivity index (χ0v) is 18.6. The third-order valence-corrected chi connectivity index (χ3v) is 5.29. The van der Waals surface area contributed by atoms with Crippen LogP contribution in [0.15, 0.2) is 47.5 Å². The molecule has 0 amide bonds. The van der Waals surface area contributed by atoms with Gasteiger partial charge in [-0.2, -0.15) is 13.2 Å². The summed E-state index contributed by atoms with van der Waals surface area (Å²) in [6, 6.07) is 5.84. The number of methoxy groups -OCH3 is 1. The maximum Gasteiger partial charge on any atom is 0.418 e. The monoisotopic (exact) mass is 487 g/mol. The molecule has 1 aromatic carbocycles. The average Bonchev–Trinajstić information content (AvgIpc) is 2.78. The lowest BCUT2D eigenvalue weighted by molar-refractivity contribution is -0.138. The molecular weight excluding hydrogens is 470 g/mol. The molecule has 35 heavy (non-hydrogen) atoms. The largest absolute Gasteiger partial charge is 0.493 e. The quantitative estimate of drug-likeness (QED) is 0.297. The van der Waals surface area contributed by atoms with E-state index in [0.717, 1.165) is 18.2 Å². The molecule has 11 heteroatoms. The van der Waals surface area contributed by atoms with Crippen LogP contribution in [0.3, 0.4) is 0 Å². The van der Waals surface area contributed by atoms with E-state index in [1.165, 1.54) is 39.3 Å². The maximum absolute atomic E-state index is 13.7. The van der Waals surface area contributed by atoms with Crippen LogP contribution in [0.4, 0.5) is 17.6 Å². The van der Waals surface area contributed by atoms with E-state index in [1.54, 1.807) is 0 Å². The first-order chi connectivity index (χ1) is 16.5. The molecule has 3 aromatic heterocycles. The van der Waals surface area contributed by atoms with Crippen LogP contribution < -0.4 is 14.9 Å². The molecule has 0 aliphatic heterocycles. The van der Waals surface area contributed by atoms with Crippen LogP contribution in [0.25, 0.3) is 22.2 Å². The standard InChI is InChI=1S/C24H17F4N3O4/c1-11-14(24(26,27)28)10-30-23(35-18-5-4-13(25)8-19(18)34-3)20(11)16-9-17(33)21-15(31-16)6-7-29-22(21)12(2)32/h4-10H,1-3H3,(H,31,33). The van der Waals surface area contributed by atoms with Crippen LogP contribution >= 0.6 is 0 Å². The van der Waals surface area contributed by atoms with E-state index in [0.29, 0.717) is 6.20 Å². The first-order valence-electron chi connectivity index (χ1n) is 10.1. The zero-order valence-electron chi connectivity index (χ0n) is 18.6. The molecule has 0 unspecified atom stereocenters. The van der Waals surface area contributed by atoms with Gasteiger partial charge in [0.1, 0.15) is 11.5 Å². The molecule has 0 bridgehead atoms. The first-order valence-corrected chi connectivity index (χ1v) is 10.1. The molecule has 4 rings (SSSR count). The SMILES string of the molecule is COc1cc(F)ccc1Oc1ncc(C(F)(F)F)c(C)c1-c1cc(=O)c2c(C(C)=O)nccc2[nH]1. The summed E-state index contributed by atoms with van der Waals surface area (Å²) in [5, 5.41) is 0.00371. The Hall–Kier alpha value is -4.28. The van der Waals surface area contributed by atoms with Crippen LogP contribution in [0, 0.1) is 12.7 Å². The van der Waals surface area contributed by atoms with Gasteiger partial charge in [0.15, 0.2) is 22.7 Å². The summed E-state index contributed by atoms with van der Waals surface area (Å²) < 4.78 is 65.5. The number of Topliss-reactive ketones (excluding diaryl/α,β-unsaturated/α-hetero) is 1. The molecule has 0 spiro atoms. The minimum Gasteiger partial charge on any atom is -0.493 e. The summed E-state index contributed by atoms with van der Waals surface area (Å²) in [4.78, 5) is 35.5. The third-order valence-electron chi connectivity index (χ3n) is 5.29. The molecular formula is C24H17F4N3O4. The number of ether oxygens (including phenoxy) is 2. The van der Waals surface area contributed by atoms with Gasteiger partial charge in [-0.3, -0.25) is 14.6 Å². The first kappa shape index (κ1) is 23.9. The summed E-state index contributed by atoms with van der Waals surface area (Å²) in [5.74, 6) is -1.36. The number of nitrogens with one attached hydrogen (secondary N) is 1. The van der Waals surface area contributed by atoms with Gasteiger partial charge in [0.25, 0.3) is 0 Å². The Morgan fingerprint density at radius 1 is 1.09 bits per heavy atom. The minimum atomic E-state index is -4.74. The van der Waals surface area contributed by atoms with Gasteiger partial charge in [0, 0.05) is 31.5 Å². The smallest absolute Gasteiger partial charge is 0.418 e. The third kappa shape index (κ3) is 4.44. The number of carbonyl (C=O) groups is 1. The second-order valence-electron chi connectivity index (χ2n) is 7.56. The van der Waals surface area contributed by atoms with E-state index >= 15 is 0 Å². The zero-order chi connectivity index (χ0) is 25.5. The number of fused-ring (bicyclic) bond motifs is 1. The van der Waals surface area contributed by atoms with Gasteiger partial charge in [-0.1, -0.05) is 0 Å². The highest BCUT2D eigenvalue weighted by molar-refractivity contribution is 6.04. The van der Waals surface area contributed by atoms with Crippen molar-refractivity contribution >= 4 is 16.7 Å². The Bertz CT molecular complexity index is 1530. The van der Waals surface area contributed by atoms with Crippen LogP contribution in [0.1, 0.15) is 28.5 Å². The number of nitrogens with zero attached hydrogens (tertiary/aromatic N) is 2. The number of hydrogen-bond acceptors (Lipinski definition) is 6. The van der Waals surface area contributed by atoms with E-state index in [-0.39, 0.29) is 50.8 Å². The van der Waals surface area contributed by atoms with Crippen molar-refractivity contribution in [1.82, 2.24) is 15.0 Å². The number of halogens is 4. The van der Waals surface area contributed by atoms with E-state index in [1.807, 2.05) is 0 Å². The van der Waals surface area contributed by atoms with Crippen LogP contribution in [-0.4, -0.2) is 27.8 Å². The number of benzene rings is 1. The van der Waals surface area contributed by atoms with E-state index in [2.05, 4.69) is 15.0 Å². The molecule has 0 atom stereocenters. The van der Waals surface area contributed by atoms with Crippen molar-refractivity contribution in [3.8, 4) is 28.6 Å². The molecule has 7 nitrogen and oxygen atoms in total. The Morgan fingerprint density at radius 2 is 1.83 bits per heavy atom. The highest BCUT2D eigenvalue weighted by Crippen LogP contribution is 2.42. The lowest BCUT2D eigenvalue weighted by atomic mass is 10.0. The maximum atomic E-state index is 13.7. The number of alkyl halides is 3. The topological polar surface area (TPSA) is 94.2 Å². The Labute approximate surface area is 195 Å². The van der Waals surface area contributed by atoms with Crippen LogP contribution in [0.5, 0.6) is 17.4 Å². The Balaban J connectivity index is 1.99. The van der Waals surface area contributed by atoms with Gasteiger partial charge in [0.2, 0.25) is 5.88 Å². The van der Waals surface area contributed by atoms with E-state index < -0.39 is 28.8 Å². The summed E-state index contributed by atoms with van der Waals surface area (Å²) >= 11 is 0. The molecule has 0 aliphatic carbocycles. The highest BCUT2D eigenvalue weighted by Gasteiger charge is 2.35. The van der Waals surface area contributed by atoms with Crippen molar-refractivity contribution < 1.29 is 31.8 Å². The number of rotatable bonds is 5. The van der Waals surface area contributed by atoms with E-state index in [4.69, 9.17) is 9.47 Å². The summed E-state index contributed by atoms with van der Waals surface area (Å²) in [6.45, 7) is 2.46. The summed E-state index contributed by atoms with van der Waals surface area (Å²) in [6.07, 6.45) is -2.82. The molecule has 4 aromatic rings. The molecule has 3 heterocycles. The fourth-order valence-electron chi connectivity index (χ4n) is 3.69. The normalized spacial score (nSPS) is 11.5. The van der Waals surface area contributed by atoms with Crippen molar-refractivity contribution in [2.75, 3.05) is 7.11 Å². The predicted octanol–water partition coefficient (Wildman–Crippen LogP) is 5.45. The number of H-pyrrole nitrogens is 1. The molecule has 0 radical (unpaired) electrons. The highest BCUT2D eigenvalue weighted by atomic mass is 19.4. The van der Waals surface area contributed by atoms with Crippen molar-refractivity contribution in [3.05, 3.63) is 75.6 Å². The summed E-state index contributed by atoms with van der Waals surface area (Å²) in [7, 11) is 1.27. The van der Waals surface area contributed by atoms with Gasteiger partial charge in [0.05, 0.1) is 34.8 Å². The molecule has 0 fully saturated rings. The Morgan fingerprint density at radius 3 is 2.49 bits per heavy atom. The van der Waals surface area contributed by atoms with E-state index in [9.17, 15) is 27.2 Å². The minimum absolute atomic E-state index is 0.00371. The fourth-order valence-corrected chi connectivity index (χ4v) is 3.69. The van der Waals surface area contributed by atoms with Gasteiger partial charge in [-0.05, 0) is 30.7 Å². The second kappa shape index (κ2) is 8.82. The molecule has 0 saturated heterocycles. The van der Waals surface area contributed by atoms with Gasteiger partial charge in [-0.15, -0.1) is 0 Å². The van der Waals surface area contributed by atoms with Crippen molar-refractivity contribution in [1.29, 1.82) is 0 Å². The van der Waals surface area contributed by atoms with Crippen molar-refractivity contribution in [2.24, 2.45) is 0 Å². The van der Waals surface area contributed by atoms with Gasteiger partial charge >= 0.3 is 6.18 Å². The molecule has 180 valence electrons. The van der Waals surface area contributed by atoms with Gasteiger partial charge < -0.3 is 14.5 Å². The number of aromatic amines is 1. The summed E-state index contributed by atoms with van der Waals surface area (Å²) in [5.41, 5.74) is -1.99. The number of pyridine rings is 3. The number of carbonyl (C=O) groups excluding carboxylic acids is 1. The van der Waals surface area contributed by atoms with Crippen LogP contribution in [0.2, 0.25) is 0 Å². The predicted molar refractivity (Wildman–Crippen MR) is 118 cm³/mol. The molecule has 0 aliphatic rings. The molecule has 1 N–H and O–H groups in total. The number of hydrogen-bond donors (Lipinski definition) is 1. The van der Waals surface area contributed by atoms with Crippen molar-refractivity contribution in [2.45, 2.75) is 20.0 Å². The second-order valence-corrected chi connectivity index (χ2v) is 7.56. The lowest BCUT2D eigenvalue weighted by Gasteiger charge is -2.18. The Kier molecular flexibility index (Phi) is 6.01. The van der Waals surface area contributed by atoms with Gasteiger partial charge in [-0.25, -0.2) is 9.37 Å². The average molecular weight is 487 g/mol. The van der Waals surface area contributed by atoms with Crippen molar-refractivity contribution in [3.63, 3.8) is 0 Å².